The summed E-state index contributed by atoms with van der Waals surface area (Å²) >= 11 is 0. The molecule has 20 heavy (non-hydrogen) atoms. The second-order valence-corrected chi connectivity index (χ2v) is 4.28. The summed E-state index contributed by atoms with van der Waals surface area (Å²) in [6, 6.07) is 14.3. The minimum Gasteiger partial charge on any atom is -0.497 e. The van der Waals surface area contributed by atoms with Crippen molar-refractivity contribution < 1.29 is 9.53 Å². The van der Waals surface area contributed by atoms with Gasteiger partial charge in [-0.1, -0.05) is 0 Å². The summed E-state index contributed by atoms with van der Waals surface area (Å²) in [6.07, 6.45) is 0. The number of hydrogen-bond acceptors (Lipinski definition) is 4. The summed E-state index contributed by atoms with van der Waals surface area (Å²) < 4.78 is 5.10. The van der Waals surface area contributed by atoms with Gasteiger partial charge in [0.25, 0.3) is 5.91 Å². The fourth-order valence-corrected chi connectivity index (χ4v) is 1.83. The van der Waals surface area contributed by atoms with Crippen molar-refractivity contribution in [3.63, 3.8) is 0 Å². The van der Waals surface area contributed by atoms with E-state index in [1.807, 2.05) is 24.3 Å². The molecular weight excluding hydrogens is 254 g/mol. The van der Waals surface area contributed by atoms with Gasteiger partial charge >= 0.3 is 0 Å². The van der Waals surface area contributed by atoms with Crippen molar-refractivity contribution in [1.29, 1.82) is 0 Å². The molecule has 0 aliphatic carbocycles. The third-order valence-electron chi connectivity index (χ3n) is 3.06. The van der Waals surface area contributed by atoms with Crippen LogP contribution >= 0.6 is 0 Å². The molecule has 5 nitrogen and oxygen atoms in total. The average Bonchev–Trinajstić information content (AvgIpc) is 2.53. The maximum atomic E-state index is 12.3. The molecule has 5 heteroatoms. The molecule has 0 radical (unpaired) electrons. The van der Waals surface area contributed by atoms with Crippen molar-refractivity contribution in [3.8, 4) is 5.75 Å². The van der Waals surface area contributed by atoms with Crippen LogP contribution in [0.15, 0.2) is 48.5 Å². The third-order valence-corrected chi connectivity index (χ3v) is 3.06. The Kier molecular flexibility index (Phi) is 4.22. The molecule has 0 aliphatic heterocycles. The first-order valence-electron chi connectivity index (χ1n) is 6.14. The maximum absolute atomic E-state index is 12.3. The first-order valence-corrected chi connectivity index (χ1v) is 6.14. The van der Waals surface area contributed by atoms with Gasteiger partial charge in [-0.05, 0) is 48.5 Å². The van der Waals surface area contributed by atoms with Crippen LogP contribution in [-0.2, 0) is 0 Å². The molecule has 2 rings (SSSR count). The molecule has 0 aliphatic rings. The highest BCUT2D eigenvalue weighted by Gasteiger charge is 2.13. The Morgan fingerprint density at radius 2 is 1.70 bits per heavy atom. The number of methoxy groups -OCH3 is 1. The molecular formula is C15H17N3O2. The van der Waals surface area contributed by atoms with E-state index in [9.17, 15) is 4.79 Å². The number of hydrogen-bond donors (Lipinski definition) is 2. The number of hydrazine groups is 1. The lowest BCUT2D eigenvalue weighted by Crippen LogP contribution is -2.26. The fraction of sp³-hybridized carbons (Fsp3) is 0.133. The Morgan fingerprint density at radius 1 is 1.10 bits per heavy atom. The van der Waals surface area contributed by atoms with Crippen LogP contribution in [0.25, 0.3) is 0 Å². The van der Waals surface area contributed by atoms with Crippen molar-refractivity contribution in [2.75, 3.05) is 24.5 Å². The molecule has 0 aromatic heterocycles. The lowest BCUT2D eigenvalue weighted by molar-refractivity contribution is 0.0993. The summed E-state index contributed by atoms with van der Waals surface area (Å²) in [5.41, 5.74) is 4.69. The minimum absolute atomic E-state index is 0.0845. The quantitative estimate of drug-likeness (QED) is 0.661. The lowest BCUT2D eigenvalue weighted by Gasteiger charge is -2.18. The van der Waals surface area contributed by atoms with Crippen molar-refractivity contribution in [2.45, 2.75) is 0 Å². The molecule has 2 aromatic rings. The smallest absolute Gasteiger partial charge is 0.258 e. The maximum Gasteiger partial charge on any atom is 0.258 e. The van der Waals surface area contributed by atoms with Gasteiger partial charge in [-0.15, -0.1) is 0 Å². The lowest BCUT2D eigenvalue weighted by atomic mass is 10.1. The van der Waals surface area contributed by atoms with E-state index >= 15 is 0 Å². The summed E-state index contributed by atoms with van der Waals surface area (Å²) in [5.74, 6) is 5.97. The standard InChI is InChI=1S/C15H17N3O2/c1-18(13-7-9-14(20-2)10-8-13)15(19)11-3-5-12(17-16)6-4-11/h3-10,17H,16H2,1-2H3. The van der Waals surface area contributed by atoms with Crippen LogP contribution in [-0.4, -0.2) is 20.1 Å². The Morgan fingerprint density at radius 3 is 2.20 bits per heavy atom. The van der Waals surface area contributed by atoms with Crippen LogP contribution in [0, 0.1) is 0 Å². The number of benzene rings is 2. The molecule has 0 heterocycles. The molecule has 0 bridgehead atoms. The van der Waals surface area contributed by atoms with Gasteiger partial charge in [-0.25, -0.2) is 0 Å². The fourth-order valence-electron chi connectivity index (χ4n) is 1.83. The molecule has 0 atom stereocenters. The summed E-state index contributed by atoms with van der Waals surface area (Å²) in [6.45, 7) is 0. The summed E-state index contributed by atoms with van der Waals surface area (Å²) in [5, 5.41) is 0. The third kappa shape index (κ3) is 2.89. The highest BCUT2D eigenvalue weighted by atomic mass is 16.5. The SMILES string of the molecule is COc1ccc(N(C)C(=O)c2ccc(NN)cc2)cc1. The number of carbonyl (C=O) groups excluding carboxylic acids is 1. The number of nitrogens with zero attached hydrogens (tertiary/aromatic N) is 1. The van der Waals surface area contributed by atoms with Crippen LogP contribution in [0.5, 0.6) is 5.75 Å². The van der Waals surface area contributed by atoms with Crippen LogP contribution in [0.2, 0.25) is 0 Å². The topological polar surface area (TPSA) is 67.6 Å². The van der Waals surface area contributed by atoms with Crippen LogP contribution in [0.1, 0.15) is 10.4 Å². The highest BCUT2D eigenvalue weighted by Crippen LogP contribution is 2.20. The number of carbonyl (C=O) groups is 1. The molecule has 1 amide bonds. The summed E-state index contributed by atoms with van der Waals surface area (Å²) in [4.78, 5) is 13.9. The Balaban J connectivity index is 2.17. The first kappa shape index (κ1) is 13.9. The van der Waals surface area contributed by atoms with Gasteiger partial charge in [0.2, 0.25) is 0 Å². The number of nitrogens with one attached hydrogen (secondary N) is 1. The monoisotopic (exact) mass is 271 g/mol. The van der Waals surface area contributed by atoms with Gasteiger partial charge in [0.15, 0.2) is 0 Å². The van der Waals surface area contributed by atoms with Gasteiger partial charge < -0.3 is 15.1 Å². The average molecular weight is 271 g/mol. The molecule has 2 aromatic carbocycles. The zero-order valence-corrected chi connectivity index (χ0v) is 11.5. The van der Waals surface area contributed by atoms with Gasteiger partial charge in [-0.3, -0.25) is 10.6 Å². The van der Waals surface area contributed by atoms with Crippen LogP contribution in [0.3, 0.4) is 0 Å². The number of anilines is 2. The van der Waals surface area contributed by atoms with Crippen molar-refractivity contribution in [2.24, 2.45) is 5.84 Å². The second kappa shape index (κ2) is 6.08. The minimum atomic E-state index is -0.0845. The van der Waals surface area contributed by atoms with E-state index in [1.165, 1.54) is 0 Å². The number of amides is 1. The van der Waals surface area contributed by atoms with E-state index in [-0.39, 0.29) is 5.91 Å². The van der Waals surface area contributed by atoms with Gasteiger partial charge in [-0.2, -0.15) is 0 Å². The van der Waals surface area contributed by atoms with Crippen molar-refractivity contribution >= 4 is 17.3 Å². The van der Waals surface area contributed by atoms with E-state index < -0.39 is 0 Å². The normalized spacial score (nSPS) is 9.95. The number of rotatable bonds is 4. The highest BCUT2D eigenvalue weighted by molar-refractivity contribution is 6.05. The molecule has 0 saturated carbocycles. The van der Waals surface area contributed by atoms with Crippen molar-refractivity contribution in [1.82, 2.24) is 0 Å². The summed E-state index contributed by atoms with van der Waals surface area (Å²) in [7, 11) is 3.34. The Labute approximate surface area is 117 Å². The van der Waals surface area contributed by atoms with Crippen LogP contribution < -0.4 is 20.9 Å². The van der Waals surface area contributed by atoms with E-state index in [1.54, 1.807) is 43.3 Å². The Hall–Kier alpha value is -2.53. The molecule has 0 unspecified atom stereocenters. The predicted octanol–water partition coefficient (Wildman–Crippen LogP) is 2.26. The predicted molar refractivity (Wildman–Crippen MR) is 80.0 cm³/mol. The zero-order chi connectivity index (χ0) is 14.5. The van der Waals surface area contributed by atoms with Gasteiger partial charge in [0.1, 0.15) is 5.75 Å². The zero-order valence-electron chi connectivity index (χ0n) is 11.5. The second-order valence-electron chi connectivity index (χ2n) is 4.28. The van der Waals surface area contributed by atoms with Crippen molar-refractivity contribution in [3.05, 3.63) is 54.1 Å². The molecule has 0 saturated heterocycles. The van der Waals surface area contributed by atoms with E-state index in [4.69, 9.17) is 10.6 Å². The van der Waals surface area contributed by atoms with Crippen LogP contribution in [0.4, 0.5) is 11.4 Å². The molecule has 0 spiro atoms. The van der Waals surface area contributed by atoms with E-state index in [0.717, 1.165) is 17.1 Å². The van der Waals surface area contributed by atoms with Gasteiger partial charge in [0, 0.05) is 24.0 Å². The van der Waals surface area contributed by atoms with E-state index in [0.29, 0.717) is 5.56 Å². The van der Waals surface area contributed by atoms with Gasteiger partial charge in [0.05, 0.1) is 7.11 Å². The number of nitrogen functional groups attached to an aromatic ring is 1. The Bertz CT molecular complexity index is 579. The van der Waals surface area contributed by atoms with E-state index in [2.05, 4.69) is 5.43 Å². The molecule has 3 N–H and O–H groups in total. The largest absolute Gasteiger partial charge is 0.497 e. The number of ether oxygens (including phenoxy) is 1. The number of nitrogens with two attached hydrogens (primary N) is 1. The first-order chi connectivity index (χ1) is 9.65. The molecule has 104 valence electrons. The molecule has 0 fully saturated rings.